The van der Waals surface area contributed by atoms with Gasteiger partial charge in [0.15, 0.2) is 5.69 Å². The third-order valence-corrected chi connectivity index (χ3v) is 5.43. The van der Waals surface area contributed by atoms with Gasteiger partial charge >= 0.3 is 0 Å². The van der Waals surface area contributed by atoms with E-state index >= 15 is 0 Å². The number of pyridine rings is 1. The van der Waals surface area contributed by atoms with Crippen molar-refractivity contribution in [2.45, 2.75) is 26.0 Å². The maximum atomic E-state index is 14.9. The van der Waals surface area contributed by atoms with Gasteiger partial charge in [0.1, 0.15) is 28.8 Å². The molecule has 0 saturated heterocycles. The number of rotatable bonds is 5. The van der Waals surface area contributed by atoms with Crippen molar-refractivity contribution in [1.82, 2.24) is 29.1 Å². The lowest BCUT2D eigenvalue weighted by atomic mass is 10.1. The normalized spacial score (nSPS) is 12.1. The van der Waals surface area contributed by atoms with Gasteiger partial charge in [-0.25, -0.2) is 9.37 Å². The van der Waals surface area contributed by atoms with Crippen molar-refractivity contribution in [3.05, 3.63) is 76.6 Å². The first kappa shape index (κ1) is 20.0. The van der Waals surface area contributed by atoms with E-state index in [1.807, 2.05) is 6.07 Å². The van der Waals surface area contributed by atoms with Crippen LogP contribution in [0.15, 0.2) is 58.2 Å². The van der Waals surface area contributed by atoms with Gasteiger partial charge < -0.3 is 9.26 Å². The molecule has 162 valence electrons. The van der Waals surface area contributed by atoms with Crippen molar-refractivity contribution in [3.63, 3.8) is 0 Å². The van der Waals surface area contributed by atoms with E-state index in [1.54, 1.807) is 51.4 Å². The molecule has 0 N–H and O–H groups in total. The van der Waals surface area contributed by atoms with E-state index < -0.39 is 17.0 Å². The molecule has 0 atom stereocenters. The lowest BCUT2D eigenvalue weighted by Crippen LogP contribution is -2.25. The Balaban J connectivity index is 1.79. The van der Waals surface area contributed by atoms with Gasteiger partial charge in [-0.15, -0.1) is 0 Å². The molecule has 4 heterocycles. The highest BCUT2D eigenvalue weighted by molar-refractivity contribution is 5.83. The molecule has 0 amide bonds. The van der Waals surface area contributed by atoms with E-state index in [4.69, 9.17) is 9.26 Å². The second-order valence-electron chi connectivity index (χ2n) is 7.77. The fourth-order valence-corrected chi connectivity index (χ4v) is 3.55. The molecule has 0 spiro atoms. The van der Waals surface area contributed by atoms with Crippen molar-refractivity contribution in [2.24, 2.45) is 0 Å². The lowest BCUT2D eigenvalue weighted by molar-refractivity contribution is 0.00973. The van der Waals surface area contributed by atoms with Crippen LogP contribution in [0.1, 0.15) is 25.4 Å². The van der Waals surface area contributed by atoms with Crippen molar-refractivity contribution in [1.29, 1.82) is 0 Å². The Morgan fingerprint density at radius 3 is 2.72 bits per heavy atom. The van der Waals surface area contributed by atoms with Gasteiger partial charge in [0.2, 0.25) is 5.82 Å². The Kier molecular flexibility index (Phi) is 4.59. The first-order valence-corrected chi connectivity index (χ1v) is 9.88. The summed E-state index contributed by atoms with van der Waals surface area (Å²) < 4.78 is 28.6. The highest BCUT2D eigenvalue weighted by atomic mass is 19.1. The number of methoxy groups -OCH3 is 1. The summed E-state index contributed by atoms with van der Waals surface area (Å²) in [7, 11) is 1.54. The lowest BCUT2D eigenvalue weighted by Gasteiger charge is -2.17. The van der Waals surface area contributed by atoms with Crippen LogP contribution in [0.25, 0.3) is 28.1 Å². The van der Waals surface area contributed by atoms with E-state index in [-0.39, 0.29) is 29.2 Å². The molecule has 32 heavy (non-hydrogen) atoms. The molecule has 9 nitrogen and oxygen atoms in total. The van der Waals surface area contributed by atoms with Gasteiger partial charge in [0, 0.05) is 13.3 Å². The molecule has 0 bridgehead atoms. The molecule has 0 unspecified atom stereocenters. The molecule has 0 aliphatic carbocycles. The number of aromatic nitrogens is 6. The van der Waals surface area contributed by atoms with Crippen LogP contribution in [0, 0.1) is 5.82 Å². The molecule has 0 saturated carbocycles. The topological polar surface area (TPSA) is 100 Å². The van der Waals surface area contributed by atoms with Crippen LogP contribution in [-0.4, -0.2) is 36.2 Å². The first-order valence-electron chi connectivity index (χ1n) is 9.88. The maximum Gasteiger partial charge on any atom is 0.279 e. The molecule has 0 fully saturated rings. The second-order valence-corrected chi connectivity index (χ2v) is 7.77. The van der Waals surface area contributed by atoms with E-state index in [0.29, 0.717) is 17.0 Å². The Labute approximate surface area is 181 Å². The summed E-state index contributed by atoms with van der Waals surface area (Å²) in [5.41, 5.74) is 0.424. The molecule has 10 heteroatoms. The predicted octanol–water partition coefficient (Wildman–Crippen LogP) is 3.16. The van der Waals surface area contributed by atoms with Crippen molar-refractivity contribution >= 4 is 16.6 Å². The van der Waals surface area contributed by atoms with Gasteiger partial charge in [-0.2, -0.15) is 4.98 Å². The van der Waals surface area contributed by atoms with Crippen LogP contribution < -0.4 is 5.56 Å². The van der Waals surface area contributed by atoms with E-state index in [2.05, 4.69) is 20.1 Å². The molecule has 0 radical (unpaired) electrons. The highest BCUT2D eigenvalue weighted by Crippen LogP contribution is 2.27. The number of para-hydroxylation sites is 1. The Morgan fingerprint density at radius 2 is 1.97 bits per heavy atom. The van der Waals surface area contributed by atoms with Crippen molar-refractivity contribution in [3.8, 4) is 11.6 Å². The molecular formula is C22H19FN6O3. The molecule has 0 aliphatic rings. The minimum absolute atomic E-state index is 0.0739. The quantitative estimate of drug-likeness (QED) is 0.419. The number of fused-ring (bicyclic) bond motifs is 3. The SMILES string of the molecule is COC(C)(C)c1noc(-c2ncn3c2c(=O)n(Cc2ccccn2)c2c(F)cccc23)n1. The second kappa shape index (κ2) is 7.34. The zero-order chi connectivity index (χ0) is 22.5. The minimum atomic E-state index is -0.785. The van der Waals surface area contributed by atoms with E-state index in [9.17, 15) is 9.18 Å². The highest BCUT2D eigenvalue weighted by Gasteiger charge is 2.29. The number of nitrogens with zero attached hydrogens (tertiary/aromatic N) is 6. The molecule has 4 aromatic heterocycles. The van der Waals surface area contributed by atoms with E-state index in [1.165, 1.54) is 21.4 Å². The monoisotopic (exact) mass is 434 g/mol. The van der Waals surface area contributed by atoms with Crippen LogP contribution in [-0.2, 0) is 16.9 Å². The van der Waals surface area contributed by atoms with Gasteiger partial charge in [0.05, 0.1) is 17.8 Å². The predicted molar refractivity (Wildman–Crippen MR) is 114 cm³/mol. The Morgan fingerprint density at radius 1 is 1.12 bits per heavy atom. The summed E-state index contributed by atoms with van der Waals surface area (Å²) in [5, 5.41) is 3.98. The van der Waals surface area contributed by atoms with Gasteiger partial charge in [-0.05, 0) is 38.1 Å². The van der Waals surface area contributed by atoms with Crippen molar-refractivity contribution in [2.75, 3.05) is 7.11 Å². The first-order chi connectivity index (χ1) is 15.4. The summed E-state index contributed by atoms with van der Waals surface area (Å²) in [4.78, 5) is 26.6. The summed E-state index contributed by atoms with van der Waals surface area (Å²) in [5.74, 6) is -0.128. The standard InChI is InChI=1S/C22H19FN6O3/c1-22(2,31-3)21-26-19(32-27-21)16-18-20(30)28(11-13-7-4-5-10-24-13)17-14(23)8-6-9-15(17)29(18)12-25-16/h4-10,12H,11H2,1-3H3. The third-order valence-electron chi connectivity index (χ3n) is 5.43. The number of benzene rings is 1. The van der Waals surface area contributed by atoms with E-state index in [0.717, 1.165) is 0 Å². The maximum absolute atomic E-state index is 14.9. The number of hydrogen-bond donors (Lipinski definition) is 0. The summed E-state index contributed by atoms with van der Waals surface area (Å²) >= 11 is 0. The average Bonchev–Trinajstić information content (AvgIpc) is 3.45. The van der Waals surface area contributed by atoms with Crippen LogP contribution >= 0.6 is 0 Å². The smallest absolute Gasteiger partial charge is 0.279 e. The zero-order valence-corrected chi connectivity index (χ0v) is 17.6. The molecule has 5 rings (SSSR count). The zero-order valence-electron chi connectivity index (χ0n) is 17.6. The number of halogens is 1. The summed E-state index contributed by atoms with van der Waals surface area (Å²) in [6, 6.07) is 9.98. The number of ether oxygens (including phenoxy) is 1. The van der Waals surface area contributed by atoms with Crippen LogP contribution in [0.4, 0.5) is 4.39 Å². The molecular weight excluding hydrogens is 415 g/mol. The van der Waals surface area contributed by atoms with Gasteiger partial charge in [0.25, 0.3) is 11.4 Å². The van der Waals surface area contributed by atoms with Gasteiger partial charge in [-0.1, -0.05) is 17.3 Å². The third kappa shape index (κ3) is 3.07. The summed E-state index contributed by atoms with van der Waals surface area (Å²) in [6.07, 6.45) is 3.07. The largest absolute Gasteiger partial charge is 0.371 e. The summed E-state index contributed by atoms with van der Waals surface area (Å²) in [6.45, 7) is 3.68. The van der Waals surface area contributed by atoms with Gasteiger partial charge in [-0.3, -0.25) is 18.7 Å². The minimum Gasteiger partial charge on any atom is -0.371 e. The fraction of sp³-hybridized carbons (Fsp3) is 0.227. The molecule has 5 aromatic rings. The van der Waals surface area contributed by atoms with Crippen molar-refractivity contribution < 1.29 is 13.7 Å². The molecule has 1 aromatic carbocycles. The number of hydrogen-bond acceptors (Lipinski definition) is 7. The van der Waals surface area contributed by atoms with Crippen LogP contribution in [0.3, 0.4) is 0 Å². The fourth-order valence-electron chi connectivity index (χ4n) is 3.55. The molecule has 0 aliphatic heterocycles. The number of imidazole rings is 1. The Bertz CT molecular complexity index is 1500. The Hall–Kier alpha value is -3.92. The average molecular weight is 434 g/mol. The van der Waals surface area contributed by atoms with Crippen LogP contribution in [0.5, 0.6) is 0 Å². The van der Waals surface area contributed by atoms with Crippen LogP contribution in [0.2, 0.25) is 0 Å².